The summed E-state index contributed by atoms with van der Waals surface area (Å²) in [6, 6.07) is 9.14. The second kappa shape index (κ2) is 5.26. The Morgan fingerprint density at radius 2 is 1.74 bits per heavy atom. The van der Waals surface area contributed by atoms with Crippen molar-refractivity contribution in [2.45, 2.75) is 51.2 Å². The average Bonchev–Trinajstić information content (AvgIpc) is 2.38. The largest absolute Gasteiger partial charge is 0.375 e. The lowest BCUT2D eigenvalue weighted by Crippen LogP contribution is -2.52. The minimum Gasteiger partial charge on any atom is -0.375 e. The quantitative estimate of drug-likeness (QED) is 0.823. The number of benzene rings is 1. The van der Waals surface area contributed by atoms with Gasteiger partial charge in [-0.05, 0) is 36.3 Å². The molecule has 0 saturated carbocycles. The molecular formula is C17H25NO. The monoisotopic (exact) mass is 259 g/mol. The van der Waals surface area contributed by atoms with Crippen LogP contribution in [0.15, 0.2) is 24.3 Å². The van der Waals surface area contributed by atoms with Crippen molar-refractivity contribution < 1.29 is 4.74 Å². The Balaban J connectivity index is 1.54. The van der Waals surface area contributed by atoms with Gasteiger partial charge in [0.1, 0.15) is 0 Å². The first kappa shape index (κ1) is 13.1. The molecule has 3 rings (SSSR count). The van der Waals surface area contributed by atoms with Gasteiger partial charge in [0, 0.05) is 19.6 Å². The molecule has 2 aliphatic rings. The molecule has 0 aliphatic carbocycles. The predicted molar refractivity (Wildman–Crippen MR) is 78.3 cm³/mol. The van der Waals surface area contributed by atoms with Gasteiger partial charge >= 0.3 is 0 Å². The van der Waals surface area contributed by atoms with E-state index in [1.165, 1.54) is 43.5 Å². The molecule has 19 heavy (non-hydrogen) atoms. The van der Waals surface area contributed by atoms with Gasteiger partial charge in [-0.25, -0.2) is 0 Å². The van der Waals surface area contributed by atoms with Crippen molar-refractivity contribution >= 4 is 0 Å². The van der Waals surface area contributed by atoms with E-state index in [0.29, 0.717) is 5.92 Å². The normalized spacial score (nSPS) is 22.7. The SMILES string of the molecule is CC(C)c1ccc(CN2CCC3(CCO3)CC2)cc1. The molecule has 0 aromatic heterocycles. The lowest BCUT2D eigenvalue weighted by atomic mass is 9.84. The van der Waals surface area contributed by atoms with Crippen LogP contribution >= 0.6 is 0 Å². The van der Waals surface area contributed by atoms with Gasteiger partial charge in [0.25, 0.3) is 0 Å². The van der Waals surface area contributed by atoms with E-state index in [2.05, 4.69) is 43.0 Å². The molecule has 104 valence electrons. The second-order valence-corrected chi connectivity index (χ2v) is 6.45. The van der Waals surface area contributed by atoms with Gasteiger partial charge < -0.3 is 4.74 Å². The fourth-order valence-electron chi connectivity index (χ4n) is 3.17. The summed E-state index contributed by atoms with van der Waals surface area (Å²) in [6.45, 7) is 8.94. The third-order valence-corrected chi connectivity index (χ3v) is 4.79. The molecule has 1 aromatic rings. The van der Waals surface area contributed by atoms with Crippen LogP contribution in [0.2, 0.25) is 0 Å². The third-order valence-electron chi connectivity index (χ3n) is 4.79. The van der Waals surface area contributed by atoms with Crippen LogP contribution in [0.1, 0.15) is 50.2 Å². The molecule has 0 atom stereocenters. The summed E-state index contributed by atoms with van der Waals surface area (Å²) in [7, 11) is 0. The van der Waals surface area contributed by atoms with Gasteiger partial charge in [0.05, 0.1) is 12.2 Å². The minimum atomic E-state index is 0.276. The first-order valence-corrected chi connectivity index (χ1v) is 7.62. The first-order valence-electron chi connectivity index (χ1n) is 7.62. The van der Waals surface area contributed by atoms with Crippen molar-refractivity contribution in [3.05, 3.63) is 35.4 Å². The maximum absolute atomic E-state index is 5.77. The van der Waals surface area contributed by atoms with Crippen LogP contribution in [0.5, 0.6) is 0 Å². The Bertz CT molecular complexity index is 409. The number of rotatable bonds is 3. The Hall–Kier alpha value is -0.860. The fourth-order valence-corrected chi connectivity index (χ4v) is 3.17. The molecule has 1 spiro atoms. The topological polar surface area (TPSA) is 12.5 Å². The lowest BCUT2D eigenvalue weighted by molar-refractivity contribution is -0.173. The molecular weight excluding hydrogens is 234 g/mol. The number of ether oxygens (including phenoxy) is 1. The molecule has 2 heteroatoms. The summed E-state index contributed by atoms with van der Waals surface area (Å²) >= 11 is 0. The summed E-state index contributed by atoms with van der Waals surface area (Å²) in [6.07, 6.45) is 3.72. The fraction of sp³-hybridized carbons (Fsp3) is 0.647. The minimum absolute atomic E-state index is 0.276. The van der Waals surface area contributed by atoms with Crippen molar-refractivity contribution in [1.29, 1.82) is 0 Å². The smallest absolute Gasteiger partial charge is 0.0728 e. The molecule has 0 amide bonds. The van der Waals surface area contributed by atoms with Gasteiger partial charge in [-0.1, -0.05) is 38.1 Å². The molecule has 0 N–H and O–H groups in total. The van der Waals surface area contributed by atoms with Gasteiger partial charge in [0.15, 0.2) is 0 Å². The van der Waals surface area contributed by atoms with Gasteiger partial charge in [-0.2, -0.15) is 0 Å². The van der Waals surface area contributed by atoms with Crippen molar-refractivity contribution in [1.82, 2.24) is 4.90 Å². The van der Waals surface area contributed by atoms with Gasteiger partial charge in [0.2, 0.25) is 0 Å². The number of likely N-dealkylation sites (tertiary alicyclic amines) is 1. The summed E-state index contributed by atoms with van der Waals surface area (Å²) in [5.74, 6) is 0.625. The van der Waals surface area contributed by atoms with E-state index in [9.17, 15) is 0 Å². The molecule has 0 unspecified atom stereocenters. The summed E-state index contributed by atoms with van der Waals surface area (Å²) in [4.78, 5) is 2.57. The maximum atomic E-state index is 5.77. The van der Waals surface area contributed by atoms with E-state index >= 15 is 0 Å². The van der Waals surface area contributed by atoms with Gasteiger partial charge in [-0.15, -0.1) is 0 Å². The average molecular weight is 259 g/mol. The number of piperidine rings is 1. The van der Waals surface area contributed by atoms with Crippen molar-refractivity contribution in [3.63, 3.8) is 0 Å². The van der Waals surface area contributed by atoms with Crippen LogP contribution in [0.3, 0.4) is 0 Å². The van der Waals surface area contributed by atoms with E-state index in [-0.39, 0.29) is 5.60 Å². The predicted octanol–water partition coefficient (Wildman–Crippen LogP) is 3.56. The highest BCUT2D eigenvalue weighted by Gasteiger charge is 2.40. The van der Waals surface area contributed by atoms with Crippen molar-refractivity contribution in [2.75, 3.05) is 19.7 Å². The van der Waals surface area contributed by atoms with Crippen LogP contribution in [0.4, 0.5) is 0 Å². The van der Waals surface area contributed by atoms with Crippen LogP contribution < -0.4 is 0 Å². The number of hydrogen-bond donors (Lipinski definition) is 0. The Morgan fingerprint density at radius 3 is 2.21 bits per heavy atom. The van der Waals surface area contributed by atoms with Crippen LogP contribution in [0, 0.1) is 0 Å². The molecule has 0 radical (unpaired) electrons. The Morgan fingerprint density at radius 1 is 1.11 bits per heavy atom. The van der Waals surface area contributed by atoms with Crippen LogP contribution in [-0.4, -0.2) is 30.2 Å². The highest BCUT2D eigenvalue weighted by molar-refractivity contribution is 5.24. The van der Waals surface area contributed by atoms with E-state index in [0.717, 1.165) is 13.2 Å². The molecule has 2 aliphatic heterocycles. The standard InChI is InChI=1S/C17H25NO/c1-14(2)16-5-3-15(4-6-16)13-18-10-7-17(8-11-18)9-12-19-17/h3-6,14H,7-13H2,1-2H3. The zero-order valence-electron chi connectivity index (χ0n) is 12.2. The maximum Gasteiger partial charge on any atom is 0.0728 e. The van der Waals surface area contributed by atoms with Crippen LogP contribution in [-0.2, 0) is 11.3 Å². The molecule has 2 fully saturated rings. The Kier molecular flexibility index (Phi) is 3.64. The molecule has 1 aromatic carbocycles. The Labute approximate surface area is 116 Å². The van der Waals surface area contributed by atoms with E-state index in [1.54, 1.807) is 0 Å². The summed E-state index contributed by atoms with van der Waals surface area (Å²) < 4.78 is 5.77. The lowest BCUT2D eigenvalue weighted by Gasteiger charge is -2.47. The highest BCUT2D eigenvalue weighted by Crippen LogP contribution is 2.36. The number of hydrogen-bond acceptors (Lipinski definition) is 2. The first-order chi connectivity index (χ1) is 9.17. The van der Waals surface area contributed by atoms with Crippen molar-refractivity contribution in [2.24, 2.45) is 0 Å². The molecule has 2 heterocycles. The van der Waals surface area contributed by atoms with Gasteiger partial charge in [-0.3, -0.25) is 4.90 Å². The van der Waals surface area contributed by atoms with E-state index in [1.807, 2.05) is 0 Å². The summed E-state index contributed by atoms with van der Waals surface area (Å²) in [5.41, 5.74) is 3.15. The van der Waals surface area contributed by atoms with E-state index in [4.69, 9.17) is 4.74 Å². The van der Waals surface area contributed by atoms with E-state index < -0.39 is 0 Å². The van der Waals surface area contributed by atoms with Crippen LogP contribution in [0.25, 0.3) is 0 Å². The molecule has 2 saturated heterocycles. The van der Waals surface area contributed by atoms with Crippen molar-refractivity contribution in [3.8, 4) is 0 Å². The highest BCUT2D eigenvalue weighted by atomic mass is 16.5. The molecule has 2 nitrogen and oxygen atoms in total. The zero-order valence-corrected chi connectivity index (χ0v) is 12.2. The second-order valence-electron chi connectivity index (χ2n) is 6.45. The molecule has 0 bridgehead atoms. The number of nitrogens with zero attached hydrogens (tertiary/aromatic N) is 1. The third kappa shape index (κ3) is 2.85. The zero-order chi connectivity index (χ0) is 13.3. The summed E-state index contributed by atoms with van der Waals surface area (Å²) in [5, 5.41) is 0.